The number of carbonyl (C=O) groups is 2. The Morgan fingerprint density at radius 1 is 1.10 bits per heavy atom. The Morgan fingerprint density at radius 2 is 1.65 bits per heavy atom. The Hall–Kier alpha value is -2.63. The monoisotopic (exact) mass is 272 g/mol. The first kappa shape index (κ1) is 13.8. The SMILES string of the molecule is CC1=C(C(=O)[O-])C(c2ccccn2)C(C(=O)[O-])=C(C)N1. The van der Waals surface area contributed by atoms with Crippen LogP contribution in [0.2, 0.25) is 0 Å². The van der Waals surface area contributed by atoms with Crippen molar-refractivity contribution in [1.82, 2.24) is 10.3 Å². The number of rotatable bonds is 3. The number of carboxylic acids is 2. The van der Waals surface area contributed by atoms with Gasteiger partial charge in [-0.25, -0.2) is 0 Å². The van der Waals surface area contributed by atoms with Crippen LogP contribution in [0, 0.1) is 0 Å². The van der Waals surface area contributed by atoms with Gasteiger partial charge in [-0.1, -0.05) is 6.07 Å². The normalized spacial score (nSPS) is 16.1. The molecule has 0 spiro atoms. The summed E-state index contributed by atoms with van der Waals surface area (Å²) >= 11 is 0. The molecule has 1 aromatic rings. The number of dihydropyridines is 1. The molecule has 1 aliphatic rings. The molecule has 0 saturated carbocycles. The minimum absolute atomic E-state index is 0.145. The van der Waals surface area contributed by atoms with Crippen LogP contribution in [0.15, 0.2) is 46.9 Å². The number of allylic oxidation sites excluding steroid dienone is 2. The van der Waals surface area contributed by atoms with Gasteiger partial charge in [0.1, 0.15) is 0 Å². The van der Waals surface area contributed by atoms with Crippen LogP contribution in [0.1, 0.15) is 25.5 Å². The lowest BCUT2D eigenvalue weighted by Gasteiger charge is -2.32. The van der Waals surface area contributed by atoms with Crippen LogP contribution in [0.4, 0.5) is 0 Å². The summed E-state index contributed by atoms with van der Waals surface area (Å²) in [6, 6.07) is 4.90. The molecule has 6 heteroatoms. The van der Waals surface area contributed by atoms with Crippen LogP contribution in [0.3, 0.4) is 0 Å². The number of hydrogen-bond acceptors (Lipinski definition) is 6. The van der Waals surface area contributed by atoms with E-state index in [1.807, 2.05) is 0 Å². The second kappa shape index (κ2) is 5.16. The van der Waals surface area contributed by atoms with Crippen LogP contribution in [-0.4, -0.2) is 16.9 Å². The molecule has 1 aromatic heterocycles. The number of nitrogens with one attached hydrogen (secondary N) is 1. The average molecular weight is 272 g/mol. The molecular weight excluding hydrogens is 260 g/mol. The van der Waals surface area contributed by atoms with Crippen molar-refractivity contribution in [3.63, 3.8) is 0 Å². The zero-order valence-electron chi connectivity index (χ0n) is 11.0. The largest absolute Gasteiger partial charge is 0.545 e. The lowest BCUT2D eigenvalue weighted by atomic mass is 9.83. The lowest BCUT2D eigenvalue weighted by molar-refractivity contribution is -0.300. The van der Waals surface area contributed by atoms with E-state index in [1.54, 1.807) is 32.0 Å². The second-order valence-corrected chi connectivity index (χ2v) is 4.46. The fourth-order valence-electron chi connectivity index (χ4n) is 2.38. The molecule has 104 valence electrons. The third-order valence-corrected chi connectivity index (χ3v) is 3.18. The van der Waals surface area contributed by atoms with Crippen molar-refractivity contribution >= 4 is 11.9 Å². The summed E-state index contributed by atoms with van der Waals surface area (Å²) < 4.78 is 0. The maximum atomic E-state index is 11.4. The molecule has 6 nitrogen and oxygen atoms in total. The first-order valence-corrected chi connectivity index (χ1v) is 5.95. The van der Waals surface area contributed by atoms with Crippen molar-refractivity contribution in [3.05, 3.63) is 52.6 Å². The first-order valence-electron chi connectivity index (χ1n) is 5.95. The summed E-state index contributed by atoms with van der Waals surface area (Å²) in [7, 11) is 0. The Morgan fingerprint density at radius 3 is 2.05 bits per heavy atom. The maximum Gasteiger partial charge on any atom is 0.0702 e. The molecule has 0 unspecified atom stereocenters. The summed E-state index contributed by atoms with van der Waals surface area (Å²) in [4.78, 5) is 26.8. The van der Waals surface area contributed by atoms with E-state index in [0.717, 1.165) is 0 Å². The van der Waals surface area contributed by atoms with Crippen LogP contribution < -0.4 is 15.5 Å². The molecule has 0 bridgehead atoms. The van der Waals surface area contributed by atoms with E-state index in [0.29, 0.717) is 17.1 Å². The fourth-order valence-corrected chi connectivity index (χ4v) is 2.38. The van der Waals surface area contributed by atoms with Crippen molar-refractivity contribution in [2.75, 3.05) is 0 Å². The molecule has 0 amide bonds. The van der Waals surface area contributed by atoms with Crippen molar-refractivity contribution in [2.45, 2.75) is 19.8 Å². The highest BCUT2D eigenvalue weighted by atomic mass is 16.4. The molecule has 2 rings (SSSR count). The van der Waals surface area contributed by atoms with Crippen LogP contribution in [-0.2, 0) is 9.59 Å². The summed E-state index contributed by atoms with van der Waals surface area (Å²) in [6.45, 7) is 3.10. The molecule has 0 fully saturated rings. The first-order chi connectivity index (χ1) is 9.43. The number of pyridine rings is 1. The average Bonchev–Trinajstić information content (AvgIpc) is 2.37. The van der Waals surface area contributed by atoms with E-state index in [4.69, 9.17) is 0 Å². The Balaban J connectivity index is 2.67. The van der Waals surface area contributed by atoms with Gasteiger partial charge in [-0.05, 0) is 26.0 Å². The molecular formula is C14H12N2O4-2. The van der Waals surface area contributed by atoms with Crippen molar-refractivity contribution in [2.24, 2.45) is 0 Å². The lowest BCUT2D eigenvalue weighted by Crippen LogP contribution is -2.40. The molecule has 1 aliphatic heterocycles. The summed E-state index contributed by atoms with van der Waals surface area (Å²) in [5.74, 6) is -3.87. The molecule has 0 saturated heterocycles. The number of hydrogen-bond donors (Lipinski definition) is 1. The minimum atomic E-state index is -1.43. The predicted octanol–water partition coefficient (Wildman–Crippen LogP) is -1.18. The smallest absolute Gasteiger partial charge is 0.0702 e. The number of carboxylic acid groups (broad SMARTS) is 2. The van der Waals surface area contributed by atoms with Crippen LogP contribution in [0.25, 0.3) is 0 Å². The van der Waals surface area contributed by atoms with Gasteiger partial charge >= 0.3 is 0 Å². The van der Waals surface area contributed by atoms with Crippen LogP contribution >= 0.6 is 0 Å². The summed E-state index contributed by atoms with van der Waals surface area (Å²) in [6.07, 6.45) is 1.47. The third-order valence-electron chi connectivity index (χ3n) is 3.18. The van der Waals surface area contributed by atoms with E-state index in [9.17, 15) is 19.8 Å². The van der Waals surface area contributed by atoms with Gasteiger partial charge < -0.3 is 25.1 Å². The van der Waals surface area contributed by atoms with E-state index in [2.05, 4.69) is 10.3 Å². The predicted molar refractivity (Wildman–Crippen MR) is 65.5 cm³/mol. The van der Waals surface area contributed by atoms with Gasteiger partial charge in [-0.15, -0.1) is 0 Å². The standard InChI is InChI=1S/C14H14N2O4/c1-7-10(13(17)18)12(9-5-3-4-6-15-9)11(14(19)20)8(2)16-7/h3-6,12,16H,1-2H3,(H,17,18)(H,19,20)/p-2. The zero-order chi connectivity index (χ0) is 14.9. The highest BCUT2D eigenvalue weighted by Gasteiger charge is 2.31. The maximum absolute atomic E-state index is 11.4. The van der Waals surface area contributed by atoms with Gasteiger partial charge in [0.2, 0.25) is 0 Å². The van der Waals surface area contributed by atoms with Crippen molar-refractivity contribution in [3.8, 4) is 0 Å². The second-order valence-electron chi connectivity index (χ2n) is 4.46. The molecule has 0 aliphatic carbocycles. The molecule has 1 N–H and O–H groups in total. The molecule has 2 heterocycles. The molecule has 0 aromatic carbocycles. The van der Waals surface area contributed by atoms with Gasteiger partial charge in [-0.3, -0.25) is 4.98 Å². The van der Waals surface area contributed by atoms with Gasteiger partial charge in [0.15, 0.2) is 0 Å². The summed E-state index contributed by atoms with van der Waals surface area (Å²) in [5.41, 5.74) is 0.708. The summed E-state index contributed by atoms with van der Waals surface area (Å²) in [5, 5.41) is 25.4. The molecule has 0 atom stereocenters. The fraction of sp³-hybridized carbons (Fsp3) is 0.214. The molecule has 20 heavy (non-hydrogen) atoms. The highest BCUT2D eigenvalue weighted by Crippen LogP contribution is 2.36. The number of carbonyl (C=O) groups excluding carboxylic acids is 2. The Labute approximate surface area is 115 Å². The Bertz CT molecular complexity index is 596. The quantitative estimate of drug-likeness (QED) is 0.742. The van der Waals surface area contributed by atoms with Crippen LogP contribution in [0.5, 0.6) is 0 Å². The van der Waals surface area contributed by atoms with E-state index >= 15 is 0 Å². The minimum Gasteiger partial charge on any atom is -0.545 e. The van der Waals surface area contributed by atoms with Gasteiger partial charge in [0, 0.05) is 28.7 Å². The van der Waals surface area contributed by atoms with Crippen molar-refractivity contribution in [1.29, 1.82) is 0 Å². The van der Waals surface area contributed by atoms with E-state index in [-0.39, 0.29) is 11.1 Å². The van der Waals surface area contributed by atoms with Crippen molar-refractivity contribution < 1.29 is 19.8 Å². The number of nitrogens with zero attached hydrogens (tertiary/aromatic N) is 1. The topological polar surface area (TPSA) is 105 Å². The molecule has 0 radical (unpaired) electrons. The Kier molecular flexibility index (Phi) is 3.56. The third kappa shape index (κ3) is 2.27. The zero-order valence-corrected chi connectivity index (χ0v) is 11.0. The van der Waals surface area contributed by atoms with Gasteiger partial charge in [-0.2, -0.15) is 0 Å². The van der Waals surface area contributed by atoms with E-state index < -0.39 is 17.9 Å². The number of aromatic nitrogens is 1. The number of aliphatic carboxylic acids is 2. The van der Waals surface area contributed by atoms with Gasteiger partial charge in [0.05, 0.1) is 23.6 Å². The highest BCUT2D eigenvalue weighted by molar-refractivity contribution is 5.96. The van der Waals surface area contributed by atoms with E-state index in [1.165, 1.54) is 6.20 Å². The van der Waals surface area contributed by atoms with Gasteiger partial charge in [0.25, 0.3) is 0 Å².